The fourth-order valence-corrected chi connectivity index (χ4v) is 2.47. The van der Waals surface area contributed by atoms with Crippen molar-refractivity contribution in [3.63, 3.8) is 0 Å². The Balaban J connectivity index is 0. The number of hydrogen-bond donors (Lipinski definition) is 1. The van der Waals surface area contributed by atoms with E-state index in [2.05, 4.69) is 6.92 Å². The molecule has 0 aromatic carbocycles. The molecule has 0 aliphatic heterocycles. The van der Waals surface area contributed by atoms with Crippen LogP contribution < -0.4 is 0 Å². The monoisotopic (exact) mass is 392 g/mol. The normalized spacial score (nSPS) is 10.2. The summed E-state index contributed by atoms with van der Waals surface area (Å²) in [7, 11) is 0. The Hall–Kier alpha value is 0.269. The standard InChI is InChI=1S/C17H34O2.Sn.2H/c1-2-3-4-5-6-7-8-9-10-11-12-13-14-15-16-17(18)19;;;/h2-16H2,1H3,(H,18,19);;;. The molecule has 0 amide bonds. The first-order chi connectivity index (χ1) is 9.27. The van der Waals surface area contributed by atoms with Crippen molar-refractivity contribution in [3.8, 4) is 0 Å². The van der Waals surface area contributed by atoms with Gasteiger partial charge in [0.05, 0.1) is 0 Å². The molecule has 0 aromatic heterocycles. The van der Waals surface area contributed by atoms with Crippen LogP contribution in [0.1, 0.15) is 103 Å². The van der Waals surface area contributed by atoms with E-state index < -0.39 is 5.97 Å². The van der Waals surface area contributed by atoms with Crippen LogP contribution in [0.3, 0.4) is 0 Å². The Morgan fingerprint density at radius 3 is 1.25 bits per heavy atom. The number of aliphatic carboxylic acids is 1. The van der Waals surface area contributed by atoms with Crippen LogP contribution in [0, 0.1) is 0 Å². The number of carboxylic acids is 1. The average molecular weight is 391 g/mol. The molecule has 0 aliphatic rings. The summed E-state index contributed by atoms with van der Waals surface area (Å²) >= 11 is 0. The van der Waals surface area contributed by atoms with Crippen molar-refractivity contribution in [1.29, 1.82) is 0 Å². The molecular formula is C17H36O2Sn. The van der Waals surface area contributed by atoms with Crippen molar-refractivity contribution in [3.05, 3.63) is 0 Å². The number of hydrogen-bond acceptors (Lipinski definition) is 1. The van der Waals surface area contributed by atoms with E-state index in [1.54, 1.807) is 0 Å². The zero-order valence-electron chi connectivity index (χ0n) is 13.7. The predicted octanol–water partition coefficient (Wildman–Crippen LogP) is 5.03. The van der Waals surface area contributed by atoms with Crippen LogP contribution in [0.2, 0.25) is 0 Å². The van der Waals surface area contributed by atoms with Crippen molar-refractivity contribution in [1.82, 2.24) is 0 Å². The second-order valence-corrected chi connectivity index (χ2v) is 5.74. The minimum atomic E-state index is -0.654. The van der Waals surface area contributed by atoms with Crippen molar-refractivity contribution in [2.45, 2.75) is 103 Å². The van der Waals surface area contributed by atoms with Gasteiger partial charge in [0.1, 0.15) is 0 Å². The number of rotatable bonds is 15. The van der Waals surface area contributed by atoms with Crippen LogP contribution in [-0.4, -0.2) is 35.0 Å². The molecule has 0 aliphatic carbocycles. The van der Waals surface area contributed by atoms with Gasteiger partial charge in [-0.05, 0) is 6.42 Å². The molecule has 0 saturated heterocycles. The van der Waals surface area contributed by atoms with Gasteiger partial charge < -0.3 is 5.11 Å². The van der Waals surface area contributed by atoms with E-state index in [0.717, 1.165) is 12.8 Å². The number of carboxylic acid groups (broad SMARTS) is 1. The van der Waals surface area contributed by atoms with Crippen molar-refractivity contribution >= 4 is 29.9 Å². The first-order valence-corrected chi connectivity index (χ1v) is 8.49. The SMILES string of the molecule is CCCCCCCCCCCCCCCCC(=O)O.[SnH2]. The van der Waals surface area contributed by atoms with Crippen LogP contribution in [0.5, 0.6) is 0 Å². The van der Waals surface area contributed by atoms with Gasteiger partial charge in [0.2, 0.25) is 0 Å². The van der Waals surface area contributed by atoms with Crippen LogP contribution >= 0.6 is 0 Å². The van der Waals surface area contributed by atoms with Gasteiger partial charge in [0.25, 0.3) is 0 Å². The summed E-state index contributed by atoms with van der Waals surface area (Å²) in [5.74, 6) is -0.654. The first kappa shape index (κ1) is 22.5. The average Bonchev–Trinajstić information content (AvgIpc) is 2.39. The molecule has 0 saturated carbocycles. The Labute approximate surface area is 143 Å². The summed E-state index contributed by atoms with van der Waals surface area (Å²) in [6, 6.07) is 0. The molecule has 0 bridgehead atoms. The Bertz CT molecular complexity index is 195. The Morgan fingerprint density at radius 1 is 0.650 bits per heavy atom. The third kappa shape index (κ3) is 20.6. The molecule has 120 valence electrons. The van der Waals surface area contributed by atoms with Gasteiger partial charge in [0, 0.05) is 6.42 Å². The van der Waals surface area contributed by atoms with Gasteiger partial charge in [-0.15, -0.1) is 0 Å². The van der Waals surface area contributed by atoms with Crippen LogP contribution in [0.25, 0.3) is 0 Å². The Kier molecular flexibility index (Phi) is 21.7. The molecule has 2 nitrogen and oxygen atoms in total. The zero-order valence-corrected chi connectivity index (χ0v) is 17.7. The molecule has 1 N–H and O–H groups in total. The summed E-state index contributed by atoms with van der Waals surface area (Å²) < 4.78 is 0. The van der Waals surface area contributed by atoms with Crippen LogP contribution in [-0.2, 0) is 4.79 Å². The quantitative estimate of drug-likeness (QED) is 0.314. The van der Waals surface area contributed by atoms with E-state index in [-0.39, 0.29) is 23.9 Å². The van der Waals surface area contributed by atoms with E-state index in [0.29, 0.717) is 6.42 Å². The van der Waals surface area contributed by atoms with Gasteiger partial charge >= 0.3 is 29.9 Å². The topological polar surface area (TPSA) is 37.3 Å². The van der Waals surface area contributed by atoms with E-state index >= 15 is 0 Å². The molecule has 0 rings (SSSR count). The fourth-order valence-electron chi connectivity index (χ4n) is 2.47. The molecule has 0 unspecified atom stereocenters. The summed E-state index contributed by atoms with van der Waals surface area (Å²) in [6.45, 7) is 2.27. The summed E-state index contributed by atoms with van der Waals surface area (Å²) in [5, 5.41) is 8.50. The molecular weight excluding hydrogens is 355 g/mol. The van der Waals surface area contributed by atoms with Crippen LogP contribution in [0.4, 0.5) is 0 Å². The fraction of sp³-hybridized carbons (Fsp3) is 0.941. The summed E-state index contributed by atoms with van der Waals surface area (Å²) in [6.07, 6.45) is 18.7. The van der Waals surface area contributed by atoms with Gasteiger partial charge in [-0.1, -0.05) is 90.4 Å². The van der Waals surface area contributed by atoms with Crippen molar-refractivity contribution in [2.75, 3.05) is 0 Å². The summed E-state index contributed by atoms with van der Waals surface area (Å²) in [5.41, 5.74) is 0. The van der Waals surface area contributed by atoms with Crippen LogP contribution in [0.15, 0.2) is 0 Å². The van der Waals surface area contributed by atoms with E-state index in [9.17, 15) is 4.79 Å². The van der Waals surface area contributed by atoms with E-state index in [1.165, 1.54) is 77.0 Å². The number of carbonyl (C=O) groups is 1. The second-order valence-electron chi connectivity index (χ2n) is 5.74. The molecule has 0 atom stereocenters. The molecule has 0 fully saturated rings. The molecule has 0 aromatic rings. The second kappa shape index (κ2) is 19.3. The van der Waals surface area contributed by atoms with Gasteiger partial charge in [-0.2, -0.15) is 0 Å². The molecule has 20 heavy (non-hydrogen) atoms. The third-order valence-corrected chi connectivity index (χ3v) is 3.74. The molecule has 3 heteroatoms. The number of unbranched alkanes of at least 4 members (excludes halogenated alkanes) is 13. The van der Waals surface area contributed by atoms with E-state index in [1.807, 2.05) is 0 Å². The zero-order chi connectivity index (χ0) is 14.2. The maximum atomic E-state index is 10.3. The molecule has 0 spiro atoms. The Morgan fingerprint density at radius 2 is 0.950 bits per heavy atom. The van der Waals surface area contributed by atoms with Gasteiger partial charge in [-0.3, -0.25) is 4.79 Å². The van der Waals surface area contributed by atoms with Gasteiger partial charge in [0.15, 0.2) is 0 Å². The molecule has 2 radical (unpaired) electrons. The van der Waals surface area contributed by atoms with E-state index in [4.69, 9.17) is 5.11 Å². The third-order valence-electron chi connectivity index (χ3n) is 3.74. The predicted molar refractivity (Wildman–Crippen MR) is 91.1 cm³/mol. The minimum absolute atomic E-state index is 0. The van der Waals surface area contributed by atoms with Gasteiger partial charge in [-0.25, -0.2) is 0 Å². The van der Waals surface area contributed by atoms with Crippen molar-refractivity contribution < 1.29 is 9.90 Å². The molecule has 0 heterocycles. The summed E-state index contributed by atoms with van der Waals surface area (Å²) in [4.78, 5) is 10.3. The van der Waals surface area contributed by atoms with Crippen molar-refractivity contribution in [2.24, 2.45) is 0 Å². The first-order valence-electron chi connectivity index (χ1n) is 8.49. The maximum absolute atomic E-state index is 10.3.